The second-order valence-corrected chi connectivity index (χ2v) is 4.52. The molecule has 1 aliphatic heterocycles. The summed E-state index contributed by atoms with van der Waals surface area (Å²) in [5.74, 6) is 0.754. The molecule has 4 nitrogen and oxygen atoms in total. The van der Waals surface area contributed by atoms with Gasteiger partial charge in [0.05, 0.1) is 17.9 Å². The molecule has 0 aliphatic carbocycles. The summed E-state index contributed by atoms with van der Waals surface area (Å²) in [5.41, 5.74) is 1.09. The van der Waals surface area contributed by atoms with Crippen molar-refractivity contribution in [2.45, 2.75) is 39.3 Å². The van der Waals surface area contributed by atoms with Crippen LogP contribution in [0.25, 0.3) is 0 Å². The first-order valence-corrected chi connectivity index (χ1v) is 5.32. The quantitative estimate of drug-likeness (QED) is 0.776. The minimum Gasteiger partial charge on any atom is -0.308 e. The molecule has 1 fully saturated rings. The van der Waals surface area contributed by atoms with E-state index in [1.807, 2.05) is 4.68 Å². The molecule has 0 amide bonds. The molecule has 0 saturated carbocycles. The van der Waals surface area contributed by atoms with Crippen LogP contribution >= 0.6 is 0 Å². The summed E-state index contributed by atoms with van der Waals surface area (Å²) in [5, 5.41) is 11.8. The number of nitrogens with one attached hydrogen (secondary N) is 1. The highest BCUT2D eigenvalue weighted by molar-refractivity contribution is 5.04. The van der Waals surface area contributed by atoms with Gasteiger partial charge in [-0.25, -0.2) is 4.68 Å². The first-order chi connectivity index (χ1) is 6.66. The van der Waals surface area contributed by atoms with Gasteiger partial charge in [0.2, 0.25) is 0 Å². The third-order valence-electron chi connectivity index (χ3n) is 2.76. The van der Waals surface area contributed by atoms with Crippen LogP contribution in [-0.4, -0.2) is 21.5 Å². The molecule has 0 aromatic carbocycles. The fourth-order valence-electron chi connectivity index (χ4n) is 1.84. The Labute approximate surface area is 84.7 Å². The van der Waals surface area contributed by atoms with E-state index in [1.54, 1.807) is 0 Å². The number of nitrogens with zero attached hydrogens (tertiary/aromatic N) is 3. The summed E-state index contributed by atoms with van der Waals surface area (Å²) in [6, 6.07) is 0.813. The summed E-state index contributed by atoms with van der Waals surface area (Å²) in [6.45, 7) is 7.59. The normalized spacial score (nSPS) is 27.4. The number of rotatable bonds is 2. The maximum absolute atomic E-state index is 4.20. The van der Waals surface area contributed by atoms with Gasteiger partial charge in [-0.3, -0.25) is 0 Å². The number of hydrogen-bond acceptors (Lipinski definition) is 3. The molecule has 1 aliphatic rings. The van der Waals surface area contributed by atoms with Gasteiger partial charge in [-0.15, -0.1) is 5.10 Å². The van der Waals surface area contributed by atoms with Crippen molar-refractivity contribution in [3.8, 4) is 0 Å². The van der Waals surface area contributed by atoms with E-state index < -0.39 is 0 Å². The Morgan fingerprint density at radius 3 is 2.86 bits per heavy atom. The molecule has 0 spiro atoms. The smallest absolute Gasteiger partial charge is 0.0996 e. The first kappa shape index (κ1) is 9.65. The van der Waals surface area contributed by atoms with Crippen molar-refractivity contribution in [1.82, 2.24) is 20.3 Å². The van der Waals surface area contributed by atoms with Crippen LogP contribution in [0.2, 0.25) is 0 Å². The molecule has 1 aromatic heterocycles. The molecule has 0 radical (unpaired) electrons. The van der Waals surface area contributed by atoms with E-state index in [0.29, 0.717) is 12.1 Å². The molecule has 0 bridgehead atoms. The monoisotopic (exact) mass is 194 g/mol. The van der Waals surface area contributed by atoms with E-state index in [-0.39, 0.29) is 0 Å². The van der Waals surface area contributed by atoms with Crippen molar-refractivity contribution in [2.75, 3.05) is 6.54 Å². The second kappa shape index (κ2) is 3.69. The molecular weight excluding hydrogens is 176 g/mol. The molecule has 14 heavy (non-hydrogen) atoms. The molecule has 4 heteroatoms. The molecule has 1 saturated heterocycles. The largest absolute Gasteiger partial charge is 0.308 e. The molecule has 2 unspecified atom stereocenters. The topological polar surface area (TPSA) is 42.7 Å². The van der Waals surface area contributed by atoms with Gasteiger partial charge >= 0.3 is 0 Å². The van der Waals surface area contributed by atoms with Crippen molar-refractivity contribution in [3.05, 3.63) is 11.9 Å². The third-order valence-corrected chi connectivity index (χ3v) is 2.76. The van der Waals surface area contributed by atoms with Crippen molar-refractivity contribution >= 4 is 0 Å². The molecular formula is C10H18N4. The van der Waals surface area contributed by atoms with Gasteiger partial charge in [-0.05, 0) is 32.7 Å². The Morgan fingerprint density at radius 1 is 1.57 bits per heavy atom. The lowest BCUT2D eigenvalue weighted by atomic mass is 10.1. The van der Waals surface area contributed by atoms with Crippen LogP contribution in [0.1, 0.15) is 45.0 Å². The van der Waals surface area contributed by atoms with Crippen LogP contribution in [0.3, 0.4) is 0 Å². The zero-order chi connectivity index (χ0) is 10.1. The number of aromatic nitrogens is 3. The second-order valence-electron chi connectivity index (χ2n) is 4.52. The van der Waals surface area contributed by atoms with E-state index in [9.17, 15) is 0 Å². The van der Waals surface area contributed by atoms with Crippen molar-refractivity contribution in [3.63, 3.8) is 0 Å². The van der Waals surface area contributed by atoms with Gasteiger partial charge in [0.1, 0.15) is 0 Å². The van der Waals surface area contributed by atoms with Gasteiger partial charge in [0, 0.05) is 6.04 Å². The van der Waals surface area contributed by atoms with Crippen LogP contribution in [0.5, 0.6) is 0 Å². The van der Waals surface area contributed by atoms with Crippen LogP contribution in [0, 0.1) is 5.92 Å². The predicted molar refractivity (Wildman–Crippen MR) is 54.9 cm³/mol. The van der Waals surface area contributed by atoms with E-state index >= 15 is 0 Å². The van der Waals surface area contributed by atoms with E-state index in [4.69, 9.17) is 0 Å². The fraction of sp³-hybridized carbons (Fsp3) is 0.800. The van der Waals surface area contributed by atoms with Crippen molar-refractivity contribution < 1.29 is 0 Å². The molecule has 2 heterocycles. The average Bonchev–Trinajstić information content (AvgIpc) is 2.70. The maximum Gasteiger partial charge on any atom is 0.0996 e. The Balaban J connectivity index is 2.09. The number of hydrogen-bond donors (Lipinski definition) is 1. The van der Waals surface area contributed by atoms with Crippen LogP contribution in [0.4, 0.5) is 0 Å². The van der Waals surface area contributed by atoms with Gasteiger partial charge in [0.25, 0.3) is 0 Å². The highest BCUT2D eigenvalue weighted by Crippen LogP contribution is 2.25. The Morgan fingerprint density at radius 2 is 2.36 bits per heavy atom. The van der Waals surface area contributed by atoms with E-state index in [2.05, 4.69) is 42.6 Å². The summed E-state index contributed by atoms with van der Waals surface area (Å²) in [4.78, 5) is 0. The van der Waals surface area contributed by atoms with Crippen LogP contribution < -0.4 is 5.32 Å². The zero-order valence-electron chi connectivity index (χ0n) is 9.07. The summed E-state index contributed by atoms with van der Waals surface area (Å²) >= 11 is 0. The average molecular weight is 194 g/mol. The van der Waals surface area contributed by atoms with Gasteiger partial charge in [-0.1, -0.05) is 12.1 Å². The van der Waals surface area contributed by atoms with Crippen molar-refractivity contribution in [1.29, 1.82) is 0 Å². The Kier molecular flexibility index (Phi) is 2.54. The van der Waals surface area contributed by atoms with Crippen molar-refractivity contribution in [2.24, 2.45) is 5.92 Å². The first-order valence-electron chi connectivity index (χ1n) is 5.32. The van der Waals surface area contributed by atoms with E-state index in [1.165, 1.54) is 6.42 Å². The minimum atomic E-state index is 0.398. The molecule has 78 valence electrons. The van der Waals surface area contributed by atoms with Gasteiger partial charge in [0.15, 0.2) is 0 Å². The Hall–Kier alpha value is -0.900. The molecule has 2 rings (SSSR count). The lowest BCUT2D eigenvalue weighted by Gasteiger charge is -2.05. The van der Waals surface area contributed by atoms with Gasteiger partial charge in [-0.2, -0.15) is 0 Å². The summed E-state index contributed by atoms with van der Waals surface area (Å²) in [7, 11) is 0. The summed E-state index contributed by atoms with van der Waals surface area (Å²) in [6.07, 6.45) is 3.23. The highest BCUT2D eigenvalue weighted by atomic mass is 15.4. The minimum absolute atomic E-state index is 0.398. The SMILES string of the molecule is CC1CNC(c2cn(C(C)C)nn2)C1. The lowest BCUT2D eigenvalue weighted by molar-refractivity contribution is 0.514. The standard InChI is InChI=1S/C10H18N4/c1-7(2)14-6-10(12-13-14)9-4-8(3)5-11-9/h6-9,11H,4-5H2,1-3H3. The Bertz CT molecular complexity index is 305. The third kappa shape index (κ3) is 1.80. The maximum atomic E-state index is 4.20. The zero-order valence-corrected chi connectivity index (χ0v) is 9.07. The molecule has 1 N–H and O–H groups in total. The predicted octanol–water partition coefficient (Wildman–Crippen LogP) is 1.53. The van der Waals surface area contributed by atoms with Gasteiger partial charge < -0.3 is 5.32 Å². The molecule has 2 atom stereocenters. The highest BCUT2D eigenvalue weighted by Gasteiger charge is 2.24. The van der Waals surface area contributed by atoms with Crippen LogP contribution in [-0.2, 0) is 0 Å². The lowest BCUT2D eigenvalue weighted by Crippen LogP contribution is -2.13. The molecule has 1 aromatic rings. The summed E-state index contributed by atoms with van der Waals surface area (Å²) < 4.78 is 1.92. The van der Waals surface area contributed by atoms with Crippen LogP contribution in [0.15, 0.2) is 6.20 Å². The van der Waals surface area contributed by atoms with E-state index in [0.717, 1.165) is 18.2 Å². The fourth-order valence-corrected chi connectivity index (χ4v) is 1.84.